The molecule has 2 rings (SSSR count). The molecule has 9 heteroatoms. The molecule has 1 fully saturated rings. The van der Waals surface area contributed by atoms with Crippen molar-refractivity contribution in [2.75, 3.05) is 11.9 Å². The lowest BCUT2D eigenvalue weighted by Crippen LogP contribution is -2.28. The number of hydrogen-bond acceptors (Lipinski definition) is 4. The van der Waals surface area contributed by atoms with E-state index in [-0.39, 0.29) is 17.8 Å². The van der Waals surface area contributed by atoms with Crippen molar-refractivity contribution < 1.29 is 32.2 Å². The summed E-state index contributed by atoms with van der Waals surface area (Å²) in [6.07, 6.45) is -6.96. The predicted molar refractivity (Wildman–Crippen MR) is 78.5 cm³/mol. The second-order valence-electron chi connectivity index (χ2n) is 6.20. The van der Waals surface area contributed by atoms with E-state index in [1.165, 1.54) is 6.07 Å². The van der Waals surface area contributed by atoms with Crippen LogP contribution in [-0.4, -0.2) is 24.3 Å². The highest BCUT2D eigenvalue weighted by molar-refractivity contribution is 5.86. The Balaban J connectivity index is 2.33. The molecule has 2 N–H and O–H groups in total. The molecule has 24 heavy (non-hydrogen) atoms. The number of halogens is 3. The first-order valence-corrected chi connectivity index (χ1v) is 7.11. The maximum absolute atomic E-state index is 12.9. The zero-order chi connectivity index (χ0) is 18.1. The van der Waals surface area contributed by atoms with Crippen LogP contribution in [0.15, 0.2) is 18.2 Å². The average Bonchev–Trinajstić information content (AvgIpc) is 2.81. The highest BCUT2D eigenvalue weighted by atomic mass is 19.4. The number of cyclic esters (lactones) is 1. The standard InChI is InChI=1S/C15H17F3N2O4/c1-14(2,3)24-13(22)20-10-6-8(15(16,17)18)4-5-9(10)11-7-19-12(21)23-11/h4-6,11H,7H2,1-3H3,(H,19,21)(H,20,22). The van der Waals surface area contributed by atoms with Gasteiger partial charge >= 0.3 is 18.4 Å². The zero-order valence-corrected chi connectivity index (χ0v) is 13.3. The van der Waals surface area contributed by atoms with Crippen LogP contribution in [0.25, 0.3) is 0 Å². The van der Waals surface area contributed by atoms with Crippen molar-refractivity contribution in [3.8, 4) is 0 Å². The number of nitrogens with one attached hydrogen (secondary N) is 2. The van der Waals surface area contributed by atoms with Gasteiger partial charge in [-0.2, -0.15) is 13.2 Å². The summed E-state index contributed by atoms with van der Waals surface area (Å²) in [6.45, 7) is 4.97. The number of ether oxygens (including phenoxy) is 2. The lowest BCUT2D eigenvalue weighted by molar-refractivity contribution is -0.137. The number of benzene rings is 1. The van der Waals surface area contributed by atoms with Crippen LogP contribution in [0, 0.1) is 0 Å². The third-order valence-electron chi connectivity index (χ3n) is 3.04. The molecule has 6 nitrogen and oxygen atoms in total. The first-order chi connectivity index (χ1) is 11.0. The van der Waals surface area contributed by atoms with E-state index in [2.05, 4.69) is 10.6 Å². The Morgan fingerprint density at radius 3 is 2.50 bits per heavy atom. The van der Waals surface area contributed by atoms with Crippen molar-refractivity contribution in [3.05, 3.63) is 29.3 Å². The van der Waals surface area contributed by atoms with Crippen molar-refractivity contribution >= 4 is 17.9 Å². The Kier molecular flexibility index (Phi) is 4.63. The lowest BCUT2D eigenvalue weighted by Gasteiger charge is -2.22. The van der Waals surface area contributed by atoms with Gasteiger partial charge in [-0.1, -0.05) is 6.07 Å². The first kappa shape index (κ1) is 17.9. The molecular weight excluding hydrogens is 329 g/mol. The van der Waals surface area contributed by atoms with Gasteiger partial charge in [-0.05, 0) is 32.9 Å². The fraction of sp³-hybridized carbons (Fsp3) is 0.467. The van der Waals surface area contributed by atoms with Crippen molar-refractivity contribution in [3.63, 3.8) is 0 Å². The van der Waals surface area contributed by atoms with E-state index < -0.39 is 35.6 Å². The van der Waals surface area contributed by atoms with Crippen LogP contribution in [0.4, 0.5) is 28.4 Å². The van der Waals surface area contributed by atoms with Gasteiger partial charge in [-0.15, -0.1) is 0 Å². The first-order valence-electron chi connectivity index (χ1n) is 7.11. The topological polar surface area (TPSA) is 76.7 Å². The van der Waals surface area contributed by atoms with Crippen LogP contribution in [0.2, 0.25) is 0 Å². The maximum Gasteiger partial charge on any atom is 0.416 e. The molecule has 1 saturated heterocycles. The van der Waals surface area contributed by atoms with E-state index >= 15 is 0 Å². The molecule has 0 spiro atoms. The summed E-state index contributed by atoms with van der Waals surface area (Å²) in [5.74, 6) is 0. The molecule has 0 saturated carbocycles. The molecule has 2 amide bonds. The smallest absolute Gasteiger partial charge is 0.416 e. The van der Waals surface area contributed by atoms with Crippen molar-refractivity contribution in [1.82, 2.24) is 5.32 Å². The minimum atomic E-state index is -4.58. The van der Waals surface area contributed by atoms with E-state index in [4.69, 9.17) is 9.47 Å². The summed E-state index contributed by atoms with van der Waals surface area (Å²) in [6, 6.07) is 2.81. The molecule has 0 bridgehead atoms. The number of anilines is 1. The number of alkyl carbamates (subject to hydrolysis) is 1. The molecule has 1 atom stereocenters. The molecule has 1 unspecified atom stereocenters. The second-order valence-corrected chi connectivity index (χ2v) is 6.20. The van der Waals surface area contributed by atoms with E-state index in [1.807, 2.05) is 0 Å². The van der Waals surface area contributed by atoms with Gasteiger partial charge in [-0.3, -0.25) is 5.32 Å². The highest BCUT2D eigenvalue weighted by Crippen LogP contribution is 2.35. The lowest BCUT2D eigenvalue weighted by atomic mass is 10.0. The predicted octanol–water partition coefficient (Wildman–Crippen LogP) is 3.83. The number of amides is 2. The van der Waals surface area contributed by atoms with Crippen LogP contribution in [0.5, 0.6) is 0 Å². The summed E-state index contributed by atoms with van der Waals surface area (Å²) < 4.78 is 48.7. The minimum Gasteiger partial charge on any atom is -0.444 e. The molecule has 1 aromatic carbocycles. The Bertz CT molecular complexity index is 653. The normalized spacial score (nSPS) is 17.9. The van der Waals surface area contributed by atoms with Gasteiger partial charge in [-0.25, -0.2) is 9.59 Å². The molecular formula is C15H17F3N2O4. The number of carbonyl (C=O) groups is 2. The van der Waals surface area contributed by atoms with Crippen LogP contribution in [0.3, 0.4) is 0 Å². The molecule has 0 radical (unpaired) electrons. The zero-order valence-electron chi connectivity index (χ0n) is 13.3. The van der Waals surface area contributed by atoms with Gasteiger partial charge in [0.25, 0.3) is 0 Å². The molecule has 0 aromatic heterocycles. The maximum atomic E-state index is 12.9. The Morgan fingerprint density at radius 1 is 1.33 bits per heavy atom. The molecule has 0 aliphatic carbocycles. The van der Waals surface area contributed by atoms with Crippen LogP contribution in [0.1, 0.15) is 38.0 Å². The summed E-state index contributed by atoms with van der Waals surface area (Å²) >= 11 is 0. The fourth-order valence-corrected chi connectivity index (χ4v) is 2.10. The highest BCUT2D eigenvalue weighted by Gasteiger charge is 2.33. The van der Waals surface area contributed by atoms with Gasteiger partial charge in [0.2, 0.25) is 0 Å². The molecule has 1 heterocycles. The Hall–Kier alpha value is -2.45. The van der Waals surface area contributed by atoms with Crippen LogP contribution in [-0.2, 0) is 15.7 Å². The van der Waals surface area contributed by atoms with E-state index in [0.29, 0.717) is 0 Å². The Labute approximate surface area is 136 Å². The number of rotatable bonds is 2. The third-order valence-corrected chi connectivity index (χ3v) is 3.04. The molecule has 1 aromatic rings. The monoisotopic (exact) mass is 346 g/mol. The van der Waals surface area contributed by atoms with Crippen molar-refractivity contribution in [2.24, 2.45) is 0 Å². The van der Waals surface area contributed by atoms with Crippen LogP contribution >= 0.6 is 0 Å². The number of alkyl halides is 3. The van der Waals surface area contributed by atoms with E-state index in [1.54, 1.807) is 20.8 Å². The summed E-state index contributed by atoms with van der Waals surface area (Å²) in [5.41, 5.74) is -1.63. The van der Waals surface area contributed by atoms with Crippen molar-refractivity contribution in [1.29, 1.82) is 0 Å². The minimum absolute atomic E-state index is 0.0905. The van der Waals surface area contributed by atoms with Gasteiger partial charge in [0.15, 0.2) is 0 Å². The summed E-state index contributed by atoms with van der Waals surface area (Å²) in [5, 5.41) is 4.70. The van der Waals surface area contributed by atoms with Crippen molar-refractivity contribution in [2.45, 2.75) is 38.7 Å². The molecule has 132 valence electrons. The number of hydrogen-bond donors (Lipinski definition) is 2. The summed E-state index contributed by atoms with van der Waals surface area (Å²) in [7, 11) is 0. The number of carbonyl (C=O) groups excluding carboxylic acids is 2. The largest absolute Gasteiger partial charge is 0.444 e. The van der Waals surface area contributed by atoms with Gasteiger partial charge in [0.1, 0.15) is 11.7 Å². The Morgan fingerprint density at radius 2 is 2.00 bits per heavy atom. The van der Waals surface area contributed by atoms with Gasteiger partial charge < -0.3 is 14.8 Å². The average molecular weight is 346 g/mol. The van der Waals surface area contributed by atoms with Gasteiger partial charge in [0.05, 0.1) is 17.8 Å². The van der Waals surface area contributed by atoms with Crippen LogP contribution < -0.4 is 10.6 Å². The fourth-order valence-electron chi connectivity index (χ4n) is 2.10. The molecule has 1 aliphatic rings. The quantitative estimate of drug-likeness (QED) is 0.853. The summed E-state index contributed by atoms with van der Waals surface area (Å²) in [4.78, 5) is 23.0. The van der Waals surface area contributed by atoms with Gasteiger partial charge in [0, 0.05) is 5.56 Å². The SMILES string of the molecule is CC(C)(C)OC(=O)Nc1cc(C(F)(F)F)ccc1C1CNC(=O)O1. The second kappa shape index (κ2) is 6.21. The third kappa shape index (κ3) is 4.53. The molecule has 1 aliphatic heterocycles. The van der Waals surface area contributed by atoms with E-state index in [0.717, 1.165) is 12.1 Å². The van der Waals surface area contributed by atoms with E-state index in [9.17, 15) is 22.8 Å².